The lowest BCUT2D eigenvalue weighted by Gasteiger charge is -2.12. The van der Waals surface area contributed by atoms with Crippen molar-refractivity contribution in [3.05, 3.63) is 166 Å². The quantitative estimate of drug-likeness (QED) is 0.160. The molecule has 43 heavy (non-hydrogen) atoms. The first-order valence-corrected chi connectivity index (χ1v) is 17.7. The largest absolute Gasteiger partial charge is 0.152 e. The molecule has 0 amide bonds. The Hall–Kier alpha value is -3.50. The maximum absolute atomic E-state index is 3.94. The van der Waals surface area contributed by atoms with E-state index in [4.69, 9.17) is 0 Å². The molecule has 0 N–H and O–H groups in total. The standard InChI is InChI=1S/C40H31BrS2/c41-40-38-5-2-6-39(40)35-21-13-31(14-22-35)27-43-25-29-9-17-33(18-10-29)37-4-1-3-36(23-37)32-15-7-28(8-16-32)24-42-26-30-11-19-34(38)20-12-30/h1-23H,24-27H2. The van der Waals surface area contributed by atoms with Gasteiger partial charge < -0.3 is 0 Å². The third-order valence-corrected chi connectivity index (χ3v) is 11.0. The Labute approximate surface area is 271 Å². The molecule has 0 spiro atoms. The lowest BCUT2D eigenvalue weighted by atomic mass is 9.98. The third-order valence-electron chi connectivity index (χ3n) is 8.04. The van der Waals surface area contributed by atoms with E-state index in [1.165, 1.54) is 66.8 Å². The van der Waals surface area contributed by atoms with Crippen LogP contribution in [0, 0.1) is 0 Å². The van der Waals surface area contributed by atoms with Crippen molar-refractivity contribution in [2.75, 3.05) is 0 Å². The summed E-state index contributed by atoms with van der Waals surface area (Å²) in [4.78, 5) is 0. The molecule has 0 unspecified atom stereocenters. The summed E-state index contributed by atoms with van der Waals surface area (Å²) in [5, 5.41) is 0. The zero-order valence-electron chi connectivity index (χ0n) is 23.8. The van der Waals surface area contributed by atoms with Crippen molar-refractivity contribution in [2.24, 2.45) is 0 Å². The van der Waals surface area contributed by atoms with Gasteiger partial charge in [0.1, 0.15) is 0 Å². The highest BCUT2D eigenvalue weighted by atomic mass is 79.9. The second kappa shape index (κ2) is 13.0. The van der Waals surface area contributed by atoms with Crippen LogP contribution in [0.25, 0.3) is 44.5 Å². The molecule has 7 heterocycles. The van der Waals surface area contributed by atoms with Crippen molar-refractivity contribution in [1.29, 1.82) is 0 Å². The van der Waals surface area contributed by atoms with Gasteiger partial charge in [-0.15, -0.1) is 0 Å². The number of hydrogen-bond acceptors (Lipinski definition) is 2. The Bertz CT molecular complexity index is 1710. The molecule has 13 rings (SSSR count). The van der Waals surface area contributed by atoms with E-state index in [1.54, 1.807) is 0 Å². The zero-order valence-corrected chi connectivity index (χ0v) is 27.0. The van der Waals surface area contributed by atoms with E-state index in [9.17, 15) is 0 Å². The van der Waals surface area contributed by atoms with Crippen LogP contribution in [0.1, 0.15) is 22.3 Å². The lowest BCUT2D eigenvalue weighted by molar-refractivity contribution is 1.36. The van der Waals surface area contributed by atoms with Gasteiger partial charge in [-0.2, -0.15) is 23.5 Å². The molecule has 0 nitrogen and oxygen atoms in total. The lowest BCUT2D eigenvalue weighted by Crippen LogP contribution is -1.89. The molecule has 0 aliphatic carbocycles. The second-order valence-electron chi connectivity index (χ2n) is 11.0. The minimum absolute atomic E-state index is 0.995. The summed E-state index contributed by atoms with van der Waals surface area (Å²) in [6, 6.07) is 51.7. The summed E-state index contributed by atoms with van der Waals surface area (Å²) in [6.07, 6.45) is 0. The summed E-state index contributed by atoms with van der Waals surface area (Å²) < 4.78 is 1.14. The number of thioether (sulfide) groups is 2. The van der Waals surface area contributed by atoms with E-state index in [1.807, 2.05) is 23.5 Å². The van der Waals surface area contributed by atoms with Crippen LogP contribution in [-0.2, 0) is 23.0 Å². The van der Waals surface area contributed by atoms with E-state index in [2.05, 4.69) is 155 Å². The predicted octanol–water partition coefficient (Wildman–Crippen LogP) is 12.3. The molecule has 0 saturated carbocycles. The summed E-state index contributed by atoms with van der Waals surface area (Å²) in [7, 11) is 0. The summed E-state index contributed by atoms with van der Waals surface area (Å²) in [6.45, 7) is 0. The van der Waals surface area contributed by atoms with Gasteiger partial charge in [-0.05, 0) is 88.8 Å². The molecule has 0 radical (unpaired) electrons. The van der Waals surface area contributed by atoms with Crippen molar-refractivity contribution >= 4 is 39.5 Å². The number of halogens is 1. The molecule has 0 aromatic heterocycles. The van der Waals surface area contributed by atoms with Gasteiger partial charge in [-0.25, -0.2) is 0 Å². The molecule has 6 aromatic rings. The van der Waals surface area contributed by atoms with E-state index in [-0.39, 0.29) is 0 Å². The SMILES string of the molecule is Brc1c2cccc1-c1ccc(cc1)CSCc1ccc(cc1)-c1cccc(c1)-c1ccc(cc1)CSCc1ccc-2cc1. The van der Waals surface area contributed by atoms with Crippen molar-refractivity contribution < 1.29 is 0 Å². The molecule has 0 saturated heterocycles. The van der Waals surface area contributed by atoms with Gasteiger partial charge in [0, 0.05) is 27.5 Å². The Kier molecular flexibility index (Phi) is 8.56. The average Bonchev–Trinajstić information content (AvgIpc) is 3.06. The fourth-order valence-corrected chi connectivity index (χ4v) is 8.22. The monoisotopic (exact) mass is 654 g/mol. The molecule has 7 aliphatic rings. The highest BCUT2D eigenvalue weighted by Crippen LogP contribution is 2.37. The van der Waals surface area contributed by atoms with Crippen LogP contribution in [0.15, 0.2) is 144 Å². The first-order chi connectivity index (χ1) is 21.2. The van der Waals surface area contributed by atoms with E-state index in [0.29, 0.717) is 0 Å². The van der Waals surface area contributed by atoms with Crippen molar-refractivity contribution in [2.45, 2.75) is 23.0 Å². The molecule has 3 heteroatoms. The maximum atomic E-state index is 3.94. The predicted molar refractivity (Wildman–Crippen MR) is 192 cm³/mol. The smallest absolute Gasteiger partial charge is 0.0332 e. The van der Waals surface area contributed by atoms with Gasteiger partial charge in [-0.1, -0.05) is 133 Å². The third kappa shape index (κ3) is 6.55. The molecule has 0 atom stereocenters. The molecule has 12 bridgehead atoms. The van der Waals surface area contributed by atoms with Crippen LogP contribution in [0.2, 0.25) is 0 Å². The van der Waals surface area contributed by atoms with Crippen molar-refractivity contribution in [3.63, 3.8) is 0 Å². The second-order valence-corrected chi connectivity index (χ2v) is 13.8. The fraction of sp³-hybridized carbons (Fsp3) is 0.100. The van der Waals surface area contributed by atoms with Crippen molar-refractivity contribution in [1.82, 2.24) is 0 Å². The normalized spacial score (nSPS) is 13.1. The highest BCUT2D eigenvalue weighted by Gasteiger charge is 2.11. The van der Waals surface area contributed by atoms with Crippen LogP contribution in [0.3, 0.4) is 0 Å². The zero-order chi connectivity index (χ0) is 29.0. The number of benzene rings is 6. The van der Waals surface area contributed by atoms with Crippen LogP contribution in [0.4, 0.5) is 0 Å². The summed E-state index contributed by atoms with van der Waals surface area (Å²) in [5.41, 5.74) is 15.4. The number of hydrogen-bond donors (Lipinski definition) is 0. The van der Waals surface area contributed by atoms with Crippen LogP contribution >= 0.6 is 39.5 Å². The molecule has 6 aromatic carbocycles. The first-order valence-electron chi connectivity index (χ1n) is 14.6. The van der Waals surface area contributed by atoms with Crippen LogP contribution < -0.4 is 0 Å². The maximum Gasteiger partial charge on any atom is 0.0332 e. The van der Waals surface area contributed by atoms with E-state index < -0.39 is 0 Å². The van der Waals surface area contributed by atoms with Gasteiger partial charge in [0.15, 0.2) is 0 Å². The van der Waals surface area contributed by atoms with Crippen LogP contribution in [-0.4, -0.2) is 0 Å². The molecule has 7 aliphatic heterocycles. The Morgan fingerprint density at radius 1 is 0.349 bits per heavy atom. The first kappa shape index (κ1) is 28.3. The summed E-state index contributed by atoms with van der Waals surface area (Å²) in [5.74, 6) is 3.99. The van der Waals surface area contributed by atoms with E-state index in [0.717, 1.165) is 27.5 Å². The Morgan fingerprint density at radius 2 is 0.674 bits per heavy atom. The fourth-order valence-electron chi connectivity index (χ4n) is 5.58. The highest BCUT2D eigenvalue weighted by molar-refractivity contribution is 9.10. The topological polar surface area (TPSA) is 0 Å². The molecular weight excluding hydrogens is 624 g/mol. The van der Waals surface area contributed by atoms with Gasteiger partial charge in [0.2, 0.25) is 0 Å². The van der Waals surface area contributed by atoms with Crippen LogP contribution in [0.5, 0.6) is 0 Å². The molecule has 0 fully saturated rings. The molecule has 210 valence electrons. The number of rotatable bonds is 0. The van der Waals surface area contributed by atoms with E-state index >= 15 is 0 Å². The Balaban J connectivity index is 1.19. The van der Waals surface area contributed by atoms with Gasteiger partial charge >= 0.3 is 0 Å². The van der Waals surface area contributed by atoms with Gasteiger partial charge in [0.05, 0.1) is 0 Å². The van der Waals surface area contributed by atoms with Crippen molar-refractivity contribution in [3.8, 4) is 44.5 Å². The van der Waals surface area contributed by atoms with Gasteiger partial charge in [0.25, 0.3) is 0 Å². The summed E-state index contributed by atoms with van der Waals surface area (Å²) >= 11 is 7.87. The van der Waals surface area contributed by atoms with Gasteiger partial charge in [-0.3, -0.25) is 0 Å². The minimum atomic E-state index is 0.995. The average molecular weight is 656 g/mol. The Morgan fingerprint density at radius 3 is 1.05 bits per heavy atom. The minimum Gasteiger partial charge on any atom is -0.152 e. The molecular formula is C40H31BrS2.